The lowest BCUT2D eigenvalue weighted by Gasteiger charge is -2.12. The Hall–Kier alpha value is -1.99. The van der Waals surface area contributed by atoms with Gasteiger partial charge in [-0.15, -0.1) is 10.2 Å². The van der Waals surface area contributed by atoms with E-state index in [2.05, 4.69) is 15.5 Å². The van der Waals surface area contributed by atoms with E-state index in [1.54, 1.807) is 12.1 Å². The van der Waals surface area contributed by atoms with Crippen LogP contribution >= 0.6 is 11.3 Å². The summed E-state index contributed by atoms with van der Waals surface area (Å²) in [5.41, 5.74) is 7.10. The summed E-state index contributed by atoms with van der Waals surface area (Å²) < 4.78 is 0. The summed E-state index contributed by atoms with van der Waals surface area (Å²) in [6.45, 7) is 0.625. The highest BCUT2D eigenvalue weighted by Gasteiger charge is 2.10. The van der Waals surface area contributed by atoms with Crippen LogP contribution in [0.2, 0.25) is 0 Å². The summed E-state index contributed by atoms with van der Waals surface area (Å²) in [4.78, 5) is 14.1. The fourth-order valence-corrected chi connectivity index (χ4v) is 2.52. The predicted molar refractivity (Wildman–Crippen MR) is 86.0 cm³/mol. The molecule has 1 amide bonds. The first kappa shape index (κ1) is 15.4. The molecule has 0 unspecified atom stereocenters. The standard InChI is InChI=1S/C14H19N5OS/c1-19(2)11-7-5-10(6-8-11)13(20)16-14-18-17-12(21-14)4-3-9-15/h5-8H,3-4,9,15H2,1-2H3,(H,16,18,20). The minimum atomic E-state index is -0.179. The first-order chi connectivity index (χ1) is 10.1. The average molecular weight is 305 g/mol. The number of nitrogens with two attached hydrogens (primary N) is 1. The number of hydrogen-bond acceptors (Lipinski definition) is 6. The molecule has 0 saturated heterocycles. The highest BCUT2D eigenvalue weighted by Crippen LogP contribution is 2.18. The molecule has 2 aromatic rings. The molecule has 0 atom stereocenters. The lowest BCUT2D eigenvalue weighted by Crippen LogP contribution is -2.13. The number of hydrogen-bond donors (Lipinski definition) is 2. The van der Waals surface area contributed by atoms with Crippen molar-refractivity contribution in [1.29, 1.82) is 0 Å². The molecule has 1 aromatic heterocycles. The minimum absolute atomic E-state index is 0.179. The van der Waals surface area contributed by atoms with E-state index < -0.39 is 0 Å². The number of carbonyl (C=O) groups excluding carboxylic acids is 1. The third-order valence-electron chi connectivity index (χ3n) is 2.93. The zero-order chi connectivity index (χ0) is 15.2. The minimum Gasteiger partial charge on any atom is -0.378 e. The smallest absolute Gasteiger partial charge is 0.257 e. The van der Waals surface area contributed by atoms with Crippen molar-refractivity contribution in [2.24, 2.45) is 5.73 Å². The normalized spacial score (nSPS) is 10.4. The molecule has 0 aliphatic rings. The zero-order valence-corrected chi connectivity index (χ0v) is 13.0. The van der Waals surface area contributed by atoms with E-state index in [-0.39, 0.29) is 5.91 Å². The van der Waals surface area contributed by atoms with Crippen LogP contribution in [0.15, 0.2) is 24.3 Å². The molecule has 0 fully saturated rings. The van der Waals surface area contributed by atoms with Crippen LogP contribution in [0.3, 0.4) is 0 Å². The second kappa shape index (κ2) is 7.14. The molecule has 1 aromatic carbocycles. The van der Waals surface area contributed by atoms with Gasteiger partial charge in [0.1, 0.15) is 5.01 Å². The SMILES string of the molecule is CN(C)c1ccc(C(=O)Nc2nnc(CCCN)s2)cc1. The Morgan fingerprint density at radius 2 is 2.00 bits per heavy atom. The van der Waals surface area contributed by atoms with E-state index in [4.69, 9.17) is 5.73 Å². The van der Waals surface area contributed by atoms with Crippen LogP contribution in [-0.4, -0.2) is 36.7 Å². The quantitative estimate of drug-likeness (QED) is 0.849. The van der Waals surface area contributed by atoms with Crippen LogP contribution in [0.5, 0.6) is 0 Å². The lowest BCUT2D eigenvalue weighted by molar-refractivity contribution is 0.102. The molecular weight excluding hydrogens is 286 g/mol. The van der Waals surface area contributed by atoms with Gasteiger partial charge in [0.15, 0.2) is 0 Å². The first-order valence-corrected chi connectivity index (χ1v) is 7.53. The molecule has 21 heavy (non-hydrogen) atoms. The Kier molecular flexibility index (Phi) is 5.24. The molecule has 0 spiro atoms. The van der Waals surface area contributed by atoms with Gasteiger partial charge in [-0.05, 0) is 37.2 Å². The average Bonchev–Trinajstić information content (AvgIpc) is 2.92. The van der Waals surface area contributed by atoms with Crippen LogP contribution in [0.1, 0.15) is 21.8 Å². The monoisotopic (exact) mass is 305 g/mol. The van der Waals surface area contributed by atoms with Crippen LogP contribution < -0.4 is 16.0 Å². The van der Waals surface area contributed by atoms with E-state index >= 15 is 0 Å². The largest absolute Gasteiger partial charge is 0.378 e. The van der Waals surface area contributed by atoms with E-state index in [9.17, 15) is 4.79 Å². The summed E-state index contributed by atoms with van der Waals surface area (Å²) in [5, 5.41) is 12.2. The number of nitrogens with one attached hydrogen (secondary N) is 1. The fourth-order valence-electron chi connectivity index (χ4n) is 1.74. The fraction of sp³-hybridized carbons (Fsp3) is 0.357. The van der Waals surface area contributed by atoms with Crippen molar-refractivity contribution in [2.45, 2.75) is 12.8 Å². The van der Waals surface area contributed by atoms with Crippen LogP contribution in [-0.2, 0) is 6.42 Å². The van der Waals surface area contributed by atoms with Crippen molar-refractivity contribution in [3.8, 4) is 0 Å². The topological polar surface area (TPSA) is 84.1 Å². The summed E-state index contributed by atoms with van der Waals surface area (Å²) in [5.74, 6) is -0.179. The number of rotatable bonds is 6. The van der Waals surface area contributed by atoms with Crippen molar-refractivity contribution in [3.05, 3.63) is 34.8 Å². The number of aryl methyl sites for hydroxylation is 1. The number of anilines is 2. The number of benzene rings is 1. The Morgan fingerprint density at radius 3 is 2.62 bits per heavy atom. The predicted octanol–water partition coefficient (Wildman–Crippen LogP) is 1.75. The second-order valence-electron chi connectivity index (χ2n) is 4.79. The Labute approximate surface area is 128 Å². The lowest BCUT2D eigenvalue weighted by atomic mass is 10.2. The highest BCUT2D eigenvalue weighted by atomic mass is 32.1. The molecule has 0 radical (unpaired) electrons. The van der Waals surface area contributed by atoms with Crippen molar-refractivity contribution in [3.63, 3.8) is 0 Å². The molecule has 0 aliphatic carbocycles. The van der Waals surface area contributed by atoms with Crippen molar-refractivity contribution in [2.75, 3.05) is 30.9 Å². The molecule has 0 aliphatic heterocycles. The highest BCUT2D eigenvalue weighted by molar-refractivity contribution is 7.15. The zero-order valence-electron chi connectivity index (χ0n) is 12.2. The number of nitrogens with zero attached hydrogens (tertiary/aromatic N) is 3. The van der Waals surface area contributed by atoms with Crippen molar-refractivity contribution >= 4 is 28.1 Å². The van der Waals surface area contributed by atoms with Gasteiger partial charge in [-0.3, -0.25) is 10.1 Å². The molecule has 1 heterocycles. The van der Waals surface area contributed by atoms with Gasteiger partial charge < -0.3 is 10.6 Å². The molecular formula is C14H19N5OS. The van der Waals surface area contributed by atoms with E-state index in [1.165, 1.54) is 11.3 Å². The number of carbonyl (C=O) groups is 1. The van der Waals surface area contributed by atoms with Gasteiger partial charge in [-0.25, -0.2) is 0 Å². The summed E-state index contributed by atoms with van der Waals surface area (Å²) >= 11 is 1.39. The van der Waals surface area contributed by atoms with Crippen molar-refractivity contribution in [1.82, 2.24) is 10.2 Å². The maximum absolute atomic E-state index is 12.1. The van der Waals surface area contributed by atoms with E-state index in [1.807, 2.05) is 31.1 Å². The molecule has 7 heteroatoms. The number of amides is 1. The summed E-state index contributed by atoms with van der Waals surface area (Å²) in [6, 6.07) is 7.39. The van der Waals surface area contributed by atoms with Gasteiger partial charge in [-0.1, -0.05) is 11.3 Å². The van der Waals surface area contributed by atoms with E-state index in [0.717, 1.165) is 23.5 Å². The first-order valence-electron chi connectivity index (χ1n) is 6.71. The van der Waals surface area contributed by atoms with Gasteiger partial charge in [-0.2, -0.15) is 0 Å². The molecule has 0 bridgehead atoms. The molecule has 6 nitrogen and oxygen atoms in total. The maximum Gasteiger partial charge on any atom is 0.257 e. The van der Waals surface area contributed by atoms with Gasteiger partial charge in [0.25, 0.3) is 5.91 Å². The molecule has 3 N–H and O–H groups in total. The summed E-state index contributed by atoms with van der Waals surface area (Å²) in [6.07, 6.45) is 1.66. The maximum atomic E-state index is 12.1. The van der Waals surface area contributed by atoms with Crippen molar-refractivity contribution < 1.29 is 4.79 Å². The molecule has 0 saturated carbocycles. The van der Waals surface area contributed by atoms with Gasteiger partial charge >= 0.3 is 0 Å². The molecule has 2 rings (SSSR count). The van der Waals surface area contributed by atoms with Crippen LogP contribution in [0.25, 0.3) is 0 Å². The Morgan fingerprint density at radius 1 is 1.29 bits per heavy atom. The second-order valence-corrected chi connectivity index (χ2v) is 5.85. The third kappa shape index (κ3) is 4.24. The summed E-state index contributed by atoms with van der Waals surface area (Å²) in [7, 11) is 3.92. The van der Waals surface area contributed by atoms with E-state index in [0.29, 0.717) is 17.2 Å². The van der Waals surface area contributed by atoms with Gasteiger partial charge in [0.05, 0.1) is 0 Å². The van der Waals surface area contributed by atoms with Gasteiger partial charge in [0.2, 0.25) is 5.13 Å². The third-order valence-corrected chi connectivity index (χ3v) is 3.83. The van der Waals surface area contributed by atoms with Gasteiger partial charge in [0, 0.05) is 31.8 Å². The molecule has 112 valence electrons. The van der Waals surface area contributed by atoms with Crippen LogP contribution in [0, 0.1) is 0 Å². The Bertz CT molecular complexity index is 594. The Balaban J connectivity index is 1.98. The van der Waals surface area contributed by atoms with Crippen LogP contribution in [0.4, 0.5) is 10.8 Å². The number of aromatic nitrogens is 2.